The minimum absolute atomic E-state index is 0.0747. The van der Waals surface area contributed by atoms with Crippen LogP contribution in [0.15, 0.2) is 47.5 Å². The first kappa shape index (κ1) is 25.8. The number of morpholine rings is 1. The normalized spacial score (nSPS) is 14.1. The van der Waals surface area contributed by atoms with Crippen molar-refractivity contribution in [2.24, 2.45) is 0 Å². The Balaban J connectivity index is 1.63. The van der Waals surface area contributed by atoms with Crippen LogP contribution in [0.3, 0.4) is 0 Å². The van der Waals surface area contributed by atoms with Gasteiger partial charge in [0.05, 0.1) is 40.7 Å². The Bertz CT molecular complexity index is 1630. The Morgan fingerprint density at radius 1 is 1.00 bits per heavy atom. The molecule has 4 aromatic rings. The largest absolute Gasteiger partial charge is 0.378 e. The number of aromatic nitrogens is 3. The minimum atomic E-state index is -4.79. The molecule has 0 spiro atoms. The first-order chi connectivity index (χ1) is 18.1. The summed E-state index contributed by atoms with van der Waals surface area (Å²) in [5, 5.41) is 0.432. The molecule has 3 N–H and O–H groups in total. The number of hydrogen-bond acceptors (Lipinski definition) is 9. The molecule has 38 heavy (non-hydrogen) atoms. The second kappa shape index (κ2) is 10.2. The molecule has 0 bridgehead atoms. The van der Waals surface area contributed by atoms with Crippen LogP contribution in [-0.2, 0) is 14.8 Å². The second-order valence-electron chi connectivity index (χ2n) is 8.04. The number of hydrogen-bond donors (Lipinski definition) is 2. The van der Waals surface area contributed by atoms with Gasteiger partial charge in [0.1, 0.15) is 22.3 Å². The van der Waals surface area contributed by atoms with Crippen molar-refractivity contribution in [1.29, 1.82) is 0 Å². The summed E-state index contributed by atoms with van der Waals surface area (Å²) in [4.78, 5) is 13.6. The number of halogens is 4. The van der Waals surface area contributed by atoms with E-state index in [1.54, 1.807) is 0 Å². The summed E-state index contributed by atoms with van der Waals surface area (Å²) in [5.41, 5.74) is 4.47. The number of benzene rings is 2. The number of nitrogen functional groups attached to an aromatic ring is 1. The molecule has 9 nitrogen and oxygen atoms in total. The lowest BCUT2D eigenvalue weighted by Gasteiger charge is -2.26. The molecular weight excluding hydrogens is 548 g/mol. The maximum Gasteiger partial charge on any atom is 0.265 e. The summed E-state index contributed by atoms with van der Waals surface area (Å²) in [6.45, 7) is 1.84. The lowest BCUT2D eigenvalue weighted by molar-refractivity contribution is 0.122. The standard InChI is InChI=1S/C23H18F4N6O3S2/c24-12-1-2-13(25)17(11-12)38(34,35)32-15-4-3-14(26)18(19(15)27)20-21(16-5-6-29-22(28)30-16)37-23(31-20)33-7-9-36-10-8-33/h1-6,11,32H,7-10H2,(H2,28,29,30). The maximum atomic E-state index is 15.8. The molecule has 5 rings (SSSR count). The third-order valence-electron chi connectivity index (χ3n) is 5.56. The monoisotopic (exact) mass is 566 g/mol. The van der Waals surface area contributed by atoms with E-state index in [1.165, 1.54) is 12.3 Å². The fourth-order valence-electron chi connectivity index (χ4n) is 3.77. The van der Waals surface area contributed by atoms with Crippen molar-refractivity contribution in [2.75, 3.05) is 41.7 Å². The van der Waals surface area contributed by atoms with Crippen molar-refractivity contribution in [3.63, 3.8) is 0 Å². The van der Waals surface area contributed by atoms with Crippen LogP contribution in [0.2, 0.25) is 0 Å². The molecule has 2 aromatic carbocycles. The summed E-state index contributed by atoms with van der Waals surface area (Å²) < 4.78 is 91.5. The van der Waals surface area contributed by atoms with Gasteiger partial charge >= 0.3 is 0 Å². The summed E-state index contributed by atoms with van der Waals surface area (Å²) in [7, 11) is -4.79. The van der Waals surface area contributed by atoms with Gasteiger partial charge in [-0.05, 0) is 36.4 Å². The van der Waals surface area contributed by atoms with Gasteiger partial charge in [-0.15, -0.1) is 0 Å². The third kappa shape index (κ3) is 4.99. The zero-order valence-electron chi connectivity index (χ0n) is 19.3. The van der Waals surface area contributed by atoms with E-state index in [0.717, 1.165) is 29.5 Å². The number of ether oxygens (including phenoxy) is 1. The Morgan fingerprint density at radius 3 is 2.47 bits per heavy atom. The number of sulfonamides is 1. The van der Waals surface area contributed by atoms with Crippen LogP contribution in [0.4, 0.5) is 34.3 Å². The van der Waals surface area contributed by atoms with Gasteiger partial charge in [0.2, 0.25) is 5.95 Å². The topological polar surface area (TPSA) is 123 Å². The van der Waals surface area contributed by atoms with E-state index >= 15 is 8.78 Å². The molecule has 1 saturated heterocycles. The molecule has 1 aliphatic rings. The van der Waals surface area contributed by atoms with E-state index in [2.05, 4.69) is 15.0 Å². The molecule has 1 aliphatic heterocycles. The van der Waals surface area contributed by atoms with Crippen LogP contribution in [-0.4, -0.2) is 49.7 Å². The average molecular weight is 567 g/mol. The number of thiazole rings is 1. The Hall–Kier alpha value is -3.82. The van der Waals surface area contributed by atoms with E-state index in [9.17, 15) is 17.2 Å². The SMILES string of the molecule is Nc1nccc(-c2sc(N3CCOCC3)nc2-c2c(F)ccc(NS(=O)(=O)c3cc(F)ccc3F)c2F)n1. The van der Waals surface area contributed by atoms with Gasteiger partial charge < -0.3 is 15.4 Å². The highest BCUT2D eigenvalue weighted by atomic mass is 32.2. The minimum Gasteiger partial charge on any atom is -0.378 e. The molecular formula is C23H18F4N6O3S2. The van der Waals surface area contributed by atoms with Gasteiger partial charge in [0.25, 0.3) is 10.0 Å². The van der Waals surface area contributed by atoms with Gasteiger partial charge in [-0.25, -0.2) is 40.9 Å². The van der Waals surface area contributed by atoms with Crippen LogP contribution < -0.4 is 15.4 Å². The highest BCUT2D eigenvalue weighted by molar-refractivity contribution is 7.92. The molecule has 15 heteroatoms. The van der Waals surface area contributed by atoms with Crippen molar-refractivity contribution in [3.8, 4) is 21.8 Å². The molecule has 0 unspecified atom stereocenters. The van der Waals surface area contributed by atoms with E-state index in [0.29, 0.717) is 43.6 Å². The predicted molar refractivity (Wildman–Crippen MR) is 133 cm³/mol. The lowest BCUT2D eigenvalue weighted by Crippen LogP contribution is -2.36. The highest BCUT2D eigenvalue weighted by Gasteiger charge is 2.28. The average Bonchev–Trinajstić information content (AvgIpc) is 3.33. The first-order valence-corrected chi connectivity index (χ1v) is 13.3. The fraction of sp³-hybridized carbons (Fsp3) is 0.174. The van der Waals surface area contributed by atoms with Crippen LogP contribution in [0.5, 0.6) is 0 Å². The van der Waals surface area contributed by atoms with Gasteiger partial charge in [0.15, 0.2) is 10.9 Å². The molecule has 0 amide bonds. The number of nitrogens with zero attached hydrogens (tertiary/aromatic N) is 4. The second-order valence-corrected chi connectivity index (χ2v) is 10.7. The maximum absolute atomic E-state index is 15.8. The first-order valence-electron chi connectivity index (χ1n) is 11.0. The molecule has 0 atom stereocenters. The van der Waals surface area contributed by atoms with Crippen molar-refractivity contribution in [1.82, 2.24) is 15.0 Å². The zero-order valence-corrected chi connectivity index (χ0v) is 20.9. The van der Waals surface area contributed by atoms with Gasteiger partial charge in [-0.3, -0.25) is 4.72 Å². The zero-order chi connectivity index (χ0) is 27.0. The third-order valence-corrected chi connectivity index (χ3v) is 8.08. The Morgan fingerprint density at radius 2 is 1.74 bits per heavy atom. The summed E-state index contributed by atoms with van der Waals surface area (Å²) >= 11 is 1.11. The van der Waals surface area contributed by atoms with Gasteiger partial charge in [0, 0.05) is 19.3 Å². The molecule has 2 aromatic heterocycles. The molecule has 0 aliphatic carbocycles. The van der Waals surface area contributed by atoms with Gasteiger partial charge in [-0.1, -0.05) is 11.3 Å². The molecule has 0 saturated carbocycles. The molecule has 198 valence electrons. The van der Waals surface area contributed by atoms with E-state index in [-0.39, 0.29) is 22.2 Å². The number of anilines is 3. The van der Waals surface area contributed by atoms with Crippen LogP contribution in [0.25, 0.3) is 21.8 Å². The van der Waals surface area contributed by atoms with E-state index < -0.39 is 49.4 Å². The summed E-state index contributed by atoms with van der Waals surface area (Å²) in [6.07, 6.45) is 1.38. The van der Waals surface area contributed by atoms with E-state index in [1.807, 2.05) is 9.62 Å². The predicted octanol–water partition coefficient (Wildman–Crippen LogP) is 4.04. The number of nitrogens with two attached hydrogens (primary N) is 1. The highest BCUT2D eigenvalue weighted by Crippen LogP contribution is 2.43. The van der Waals surface area contributed by atoms with Crippen molar-refractivity contribution >= 4 is 38.1 Å². The Kier molecular flexibility index (Phi) is 6.90. The van der Waals surface area contributed by atoms with Crippen molar-refractivity contribution in [3.05, 3.63) is 65.9 Å². The summed E-state index contributed by atoms with van der Waals surface area (Å²) in [5.74, 6) is -4.69. The van der Waals surface area contributed by atoms with Crippen LogP contribution in [0.1, 0.15) is 0 Å². The lowest BCUT2D eigenvalue weighted by atomic mass is 10.1. The quantitative estimate of drug-likeness (QED) is 0.335. The van der Waals surface area contributed by atoms with Crippen molar-refractivity contribution in [2.45, 2.75) is 4.90 Å². The number of rotatable bonds is 6. The van der Waals surface area contributed by atoms with Crippen LogP contribution in [0, 0.1) is 23.3 Å². The van der Waals surface area contributed by atoms with Crippen LogP contribution >= 0.6 is 11.3 Å². The molecule has 1 fully saturated rings. The fourth-order valence-corrected chi connectivity index (χ4v) is 6.02. The Labute approximate surface area is 218 Å². The molecule has 0 radical (unpaired) electrons. The smallest absolute Gasteiger partial charge is 0.265 e. The molecule has 3 heterocycles. The van der Waals surface area contributed by atoms with Crippen molar-refractivity contribution < 1.29 is 30.7 Å². The summed E-state index contributed by atoms with van der Waals surface area (Å²) in [6, 6.07) is 4.97. The van der Waals surface area contributed by atoms with Gasteiger partial charge in [-0.2, -0.15) is 0 Å². The number of nitrogens with one attached hydrogen (secondary N) is 1. The van der Waals surface area contributed by atoms with E-state index in [4.69, 9.17) is 10.5 Å².